The van der Waals surface area contributed by atoms with Gasteiger partial charge in [0.15, 0.2) is 0 Å². The van der Waals surface area contributed by atoms with Crippen LogP contribution in [0.5, 0.6) is 0 Å². The van der Waals surface area contributed by atoms with E-state index >= 15 is 0 Å². The van der Waals surface area contributed by atoms with Crippen LogP contribution < -0.4 is 10.2 Å². The molecule has 2 fully saturated rings. The monoisotopic (exact) mass is 287 g/mol. The van der Waals surface area contributed by atoms with Gasteiger partial charge in [0.2, 0.25) is 11.8 Å². The van der Waals surface area contributed by atoms with Crippen molar-refractivity contribution in [1.29, 1.82) is 0 Å². The molecule has 0 spiro atoms. The maximum atomic E-state index is 12.3. The Balaban J connectivity index is 1.91. The number of likely N-dealkylation sites (N-methyl/N-ethyl adjacent to an activating group) is 1. The quantitative estimate of drug-likeness (QED) is 0.881. The molecule has 5 nitrogen and oxygen atoms in total. The smallest absolute Gasteiger partial charge is 0.247 e. The number of hydrogen-bond acceptors (Lipinski definition) is 3. The molecular weight excluding hydrogens is 266 g/mol. The zero-order valence-corrected chi connectivity index (χ0v) is 12.3. The molecule has 0 saturated carbocycles. The van der Waals surface area contributed by atoms with E-state index in [-0.39, 0.29) is 24.9 Å². The fraction of sp³-hybridized carbons (Fsp3) is 0.500. The fourth-order valence-electron chi connectivity index (χ4n) is 3.14. The van der Waals surface area contributed by atoms with Crippen molar-refractivity contribution in [2.24, 2.45) is 0 Å². The van der Waals surface area contributed by atoms with Crippen LogP contribution in [0, 0.1) is 0 Å². The minimum absolute atomic E-state index is 0.00619. The van der Waals surface area contributed by atoms with Crippen LogP contribution in [-0.4, -0.2) is 49.9 Å². The third kappa shape index (κ3) is 2.78. The van der Waals surface area contributed by atoms with Gasteiger partial charge >= 0.3 is 0 Å². The number of piperidine rings is 1. The molecule has 2 saturated heterocycles. The molecule has 21 heavy (non-hydrogen) atoms. The van der Waals surface area contributed by atoms with E-state index in [0.29, 0.717) is 5.92 Å². The second-order valence-electron chi connectivity index (χ2n) is 5.83. The standard InChI is InChI=1S/C16H21N3O2/c1-18-10-16(21)19(11-15(18)20)14-7-3-2-6-13(14)12-5-4-8-17-9-12/h2-3,6-7,12,17H,4-5,8-11H2,1H3. The van der Waals surface area contributed by atoms with Gasteiger partial charge in [0.1, 0.15) is 6.54 Å². The molecule has 112 valence electrons. The first kappa shape index (κ1) is 14.1. The predicted octanol–water partition coefficient (Wildman–Crippen LogP) is 0.959. The van der Waals surface area contributed by atoms with E-state index in [0.717, 1.165) is 31.6 Å². The molecule has 5 heteroatoms. The first-order chi connectivity index (χ1) is 10.2. The molecular formula is C16H21N3O2. The van der Waals surface area contributed by atoms with Gasteiger partial charge in [0.05, 0.1) is 6.54 Å². The van der Waals surface area contributed by atoms with Crippen molar-refractivity contribution in [2.45, 2.75) is 18.8 Å². The third-order valence-electron chi connectivity index (χ3n) is 4.36. The van der Waals surface area contributed by atoms with Crippen molar-refractivity contribution >= 4 is 17.5 Å². The maximum Gasteiger partial charge on any atom is 0.247 e. The number of para-hydroxylation sites is 1. The Morgan fingerprint density at radius 2 is 1.95 bits per heavy atom. The number of nitrogens with zero attached hydrogens (tertiary/aromatic N) is 2. The van der Waals surface area contributed by atoms with E-state index in [2.05, 4.69) is 11.4 Å². The zero-order valence-electron chi connectivity index (χ0n) is 12.3. The number of amides is 2. The van der Waals surface area contributed by atoms with Crippen LogP contribution in [0.4, 0.5) is 5.69 Å². The first-order valence-corrected chi connectivity index (χ1v) is 7.51. The SMILES string of the molecule is CN1CC(=O)N(c2ccccc2C2CCCNC2)CC1=O. The van der Waals surface area contributed by atoms with Gasteiger partial charge in [0, 0.05) is 19.3 Å². The maximum absolute atomic E-state index is 12.3. The Morgan fingerprint density at radius 1 is 1.14 bits per heavy atom. The molecule has 1 N–H and O–H groups in total. The average molecular weight is 287 g/mol. The van der Waals surface area contributed by atoms with Crippen LogP contribution in [-0.2, 0) is 9.59 Å². The summed E-state index contributed by atoms with van der Waals surface area (Å²) in [5.74, 6) is 0.400. The summed E-state index contributed by atoms with van der Waals surface area (Å²) in [4.78, 5) is 27.4. The highest BCUT2D eigenvalue weighted by atomic mass is 16.2. The van der Waals surface area contributed by atoms with Crippen LogP contribution in [0.1, 0.15) is 24.3 Å². The molecule has 0 aromatic heterocycles. The summed E-state index contributed by atoms with van der Waals surface area (Å²) in [6, 6.07) is 7.99. The number of carbonyl (C=O) groups is 2. The molecule has 2 aliphatic heterocycles. The van der Waals surface area contributed by atoms with Crippen LogP contribution in [0.25, 0.3) is 0 Å². The highest BCUT2D eigenvalue weighted by Gasteiger charge is 2.31. The number of hydrogen-bond donors (Lipinski definition) is 1. The largest absolute Gasteiger partial charge is 0.335 e. The van der Waals surface area contributed by atoms with Crippen LogP contribution >= 0.6 is 0 Å². The highest BCUT2D eigenvalue weighted by molar-refractivity contribution is 6.04. The van der Waals surface area contributed by atoms with Gasteiger partial charge in [-0.3, -0.25) is 9.59 Å². The normalized spacial score (nSPS) is 23.6. The molecule has 2 amide bonds. The van der Waals surface area contributed by atoms with Gasteiger partial charge in [0.25, 0.3) is 0 Å². The second kappa shape index (κ2) is 5.85. The molecule has 2 aliphatic rings. The topological polar surface area (TPSA) is 52.7 Å². The summed E-state index contributed by atoms with van der Waals surface area (Å²) in [5, 5.41) is 3.41. The molecule has 3 rings (SSSR count). The zero-order chi connectivity index (χ0) is 14.8. The number of anilines is 1. The van der Waals surface area contributed by atoms with Gasteiger partial charge < -0.3 is 15.1 Å². The summed E-state index contributed by atoms with van der Waals surface area (Å²) in [6.07, 6.45) is 2.27. The van der Waals surface area contributed by atoms with E-state index in [4.69, 9.17) is 0 Å². The molecule has 1 aromatic rings. The van der Waals surface area contributed by atoms with Crippen molar-refractivity contribution in [2.75, 3.05) is 38.1 Å². The van der Waals surface area contributed by atoms with E-state index in [1.165, 1.54) is 10.5 Å². The highest BCUT2D eigenvalue weighted by Crippen LogP contribution is 2.32. The van der Waals surface area contributed by atoms with Gasteiger partial charge in [-0.05, 0) is 36.9 Å². The van der Waals surface area contributed by atoms with Crippen molar-refractivity contribution in [1.82, 2.24) is 10.2 Å². The number of nitrogens with one attached hydrogen (secondary N) is 1. The lowest BCUT2D eigenvalue weighted by Crippen LogP contribution is -2.52. The summed E-state index contributed by atoms with van der Waals surface area (Å²) >= 11 is 0. The van der Waals surface area contributed by atoms with Gasteiger partial charge in [-0.15, -0.1) is 0 Å². The lowest BCUT2D eigenvalue weighted by molar-refractivity contribution is -0.136. The van der Waals surface area contributed by atoms with E-state index in [1.807, 2.05) is 18.2 Å². The Morgan fingerprint density at radius 3 is 2.71 bits per heavy atom. The average Bonchev–Trinajstić information content (AvgIpc) is 2.52. The van der Waals surface area contributed by atoms with Crippen molar-refractivity contribution < 1.29 is 9.59 Å². The van der Waals surface area contributed by atoms with Gasteiger partial charge in [-0.1, -0.05) is 18.2 Å². The summed E-state index contributed by atoms with van der Waals surface area (Å²) < 4.78 is 0. The summed E-state index contributed by atoms with van der Waals surface area (Å²) in [6.45, 7) is 2.31. The number of carbonyl (C=O) groups excluding carboxylic acids is 2. The molecule has 0 bridgehead atoms. The Kier molecular flexibility index (Phi) is 3.92. The van der Waals surface area contributed by atoms with E-state index in [1.54, 1.807) is 11.9 Å². The molecule has 1 aromatic carbocycles. The Bertz CT molecular complexity index is 552. The van der Waals surface area contributed by atoms with E-state index in [9.17, 15) is 9.59 Å². The van der Waals surface area contributed by atoms with Crippen LogP contribution in [0.2, 0.25) is 0 Å². The van der Waals surface area contributed by atoms with Crippen molar-refractivity contribution in [3.63, 3.8) is 0 Å². The first-order valence-electron chi connectivity index (χ1n) is 7.51. The van der Waals surface area contributed by atoms with Crippen LogP contribution in [0.3, 0.4) is 0 Å². The molecule has 0 radical (unpaired) electrons. The molecule has 2 heterocycles. The molecule has 1 unspecified atom stereocenters. The van der Waals surface area contributed by atoms with E-state index < -0.39 is 0 Å². The predicted molar refractivity (Wildman–Crippen MR) is 81.3 cm³/mol. The lowest BCUT2D eigenvalue weighted by atomic mass is 9.90. The number of rotatable bonds is 2. The lowest BCUT2D eigenvalue weighted by Gasteiger charge is -2.34. The number of piperazine rings is 1. The molecule has 0 aliphatic carbocycles. The second-order valence-corrected chi connectivity index (χ2v) is 5.83. The van der Waals surface area contributed by atoms with Crippen molar-refractivity contribution in [3.05, 3.63) is 29.8 Å². The van der Waals surface area contributed by atoms with Crippen molar-refractivity contribution in [3.8, 4) is 0 Å². The van der Waals surface area contributed by atoms with Gasteiger partial charge in [-0.25, -0.2) is 0 Å². The molecule has 1 atom stereocenters. The number of benzene rings is 1. The summed E-state index contributed by atoms with van der Waals surface area (Å²) in [5.41, 5.74) is 2.08. The fourth-order valence-corrected chi connectivity index (χ4v) is 3.14. The Labute approximate surface area is 124 Å². The summed E-state index contributed by atoms with van der Waals surface area (Å²) in [7, 11) is 1.68. The Hall–Kier alpha value is -1.88. The minimum Gasteiger partial charge on any atom is -0.335 e. The van der Waals surface area contributed by atoms with Gasteiger partial charge in [-0.2, -0.15) is 0 Å². The van der Waals surface area contributed by atoms with Crippen LogP contribution in [0.15, 0.2) is 24.3 Å². The minimum atomic E-state index is -0.00817. The third-order valence-corrected chi connectivity index (χ3v) is 4.36.